The molecule has 0 saturated carbocycles. The Labute approximate surface area is 163 Å². The molecule has 1 aromatic heterocycles. The second kappa shape index (κ2) is 9.16. The second-order valence-electron chi connectivity index (χ2n) is 6.36. The molecule has 28 heavy (non-hydrogen) atoms. The van der Waals surface area contributed by atoms with Gasteiger partial charge in [-0.1, -0.05) is 18.2 Å². The van der Waals surface area contributed by atoms with Gasteiger partial charge in [-0.05, 0) is 25.1 Å². The zero-order valence-electron chi connectivity index (χ0n) is 15.7. The van der Waals surface area contributed by atoms with Gasteiger partial charge in [0.1, 0.15) is 11.5 Å². The van der Waals surface area contributed by atoms with E-state index in [4.69, 9.17) is 4.74 Å². The highest BCUT2D eigenvalue weighted by Gasteiger charge is 2.26. The highest BCUT2D eigenvalue weighted by atomic mass is 19.1. The van der Waals surface area contributed by atoms with Crippen molar-refractivity contribution in [3.05, 3.63) is 59.7 Å². The number of carbonyl (C=O) groups excluding carboxylic acids is 2. The molecule has 3 rings (SSSR count). The monoisotopic (exact) mass is 386 g/mol. The van der Waals surface area contributed by atoms with Crippen LogP contribution in [-0.2, 0) is 11.3 Å². The number of aromatic nitrogens is 1. The maximum absolute atomic E-state index is 13.7. The van der Waals surface area contributed by atoms with Crippen LogP contribution in [0.25, 0.3) is 0 Å². The van der Waals surface area contributed by atoms with Crippen molar-refractivity contribution in [3.8, 4) is 0 Å². The Morgan fingerprint density at radius 3 is 2.46 bits per heavy atom. The summed E-state index contributed by atoms with van der Waals surface area (Å²) in [5.41, 5.74) is 1.59. The van der Waals surface area contributed by atoms with Crippen LogP contribution in [-0.4, -0.2) is 59.6 Å². The van der Waals surface area contributed by atoms with Crippen LogP contribution >= 0.6 is 0 Å². The summed E-state index contributed by atoms with van der Waals surface area (Å²) in [6.45, 7) is 4.17. The number of halogens is 1. The van der Waals surface area contributed by atoms with Crippen molar-refractivity contribution < 1.29 is 18.7 Å². The fourth-order valence-electron chi connectivity index (χ4n) is 2.93. The number of hydrogen-bond donors (Lipinski definition) is 1. The van der Waals surface area contributed by atoms with Crippen molar-refractivity contribution in [1.82, 2.24) is 14.8 Å². The van der Waals surface area contributed by atoms with Crippen molar-refractivity contribution in [2.45, 2.75) is 13.5 Å². The number of amides is 2. The van der Waals surface area contributed by atoms with Crippen LogP contribution in [0.2, 0.25) is 0 Å². The number of hydrogen-bond acceptors (Lipinski definition) is 5. The van der Waals surface area contributed by atoms with Crippen molar-refractivity contribution >= 4 is 17.7 Å². The van der Waals surface area contributed by atoms with Crippen LogP contribution in [0.4, 0.5) is 14.9 Å². The lowest BCUT2D eigenvalue weighted by molar-refractivity contribution is 0.0566. The smallest absolute Gasteiger partial charge is 0.409 e. The van der Waals surface area contributed by atoms with Crippen LogP contribution < -0.4 is 5.32 Å². The minimum atomic E-state index is -0.349. The average molecular weight is 386 g/mol. The van der Waals surface area contributed by atoms with Gasteiger partial charge in [-0.25, -0.2) is 14.2 Å². The summed E-state index contributed by atoms with van der Waals surface area (Å²) < 4.78 is 18.6. The van der Waals surface area contributed by atoms with Crippen molar-refractivity contribution in [2.75, 3.05) is 38.1 Å². The van der Waals surface area contributed by atoms with Crippen molar-refractivity contribution in [3.63, 3.8) is 0 Å². The highest BCUT2D eigenvalue weighted by molar-refractivity contribution is 5.92. The molecule has 7 nitrogen and oxygen atoms in total. The first-order chi connectivity index (χ1) is 13.6. The molecule has 0 atom stereocenters. The van der Waals surface area contributed by atoms with Gasteiger partial charge in [0.2, 0.25) is 0 Å². The Balaban J connectivity index is 1.53. The topological polar surface area (TPSA) is 74.8 Å². The van der Waals surface area contributed by atoms with Gasteiger partial charge in [0.05, 0.1) is 18.5 Å². The fourth-order valence-corrected chi connectivity index (χ4v) is 2.93. The zero-order valence-corrected chi connectivity index (χ0v) is 15.7. The quantitative estimate of drug-likeness (QED) is 0.855. The van der Waals surface area contributed by atoms with Gasteiger partial charge in [-0.2, -0.15) is 0 Å². The van der Waals surface area contributed by atoms with E-state index >= 15 is 0 Å². The number of pyridine rings is 1. The van der Waals surface area contributed by atoms with Crippen molar-refractivity contribution in [1.29, 1.82) is 0 Å². The maximum atomic E-state index is 13.7. The van der Waals surface area contributed by atoms with Crippen LogP contribution in [0.3, 0.4) is 0 Å². The number of nitrogens with zero attached hydrogens (tertiary/aromatic N) is 3. The minimum absolute atomic E-state index is 0.177. The lowest BCUT2D eigenvalue weighted by Gasteiger charge is -2.33. The predicted octanol–water partition coefficient (Wildman–Crippen LogP) is 2.75. The molecule has 0 unspecified atom stereocenters. The molecule has 1 aromatic carbocycles. The number of carbonyl (C=O) groups is 2. The van der Waals surface area contributed by atoms with Crippen LogP contribution in [0.5, 0.6) is 0 Å². The number of benzene rings is 1. The van der Waals surface area contributed by atoms with Gasteiger partial charge in [-0.15, -0.1) is 0 Å². The van der Waals surface area contributed by atoms with E-state index in [0.29, 0.717) is 56.3 Å². The molecule has 1 aliphatic rings. The van der Waals surface area contributed by atoms with Gasteiger partial charge >= 0.3 is 6.09 Å². The fraction of sp³-hybridized carbons (Fsp3) is 0.350. The molecule has 2 amide bonds. The van der Waals surface area contributed by atoms with E-state index in [0.717, 1.165) is 0 Å². The Morgan fingerprint density at radius 1 is 1.11 bits per heavy atom. The Kier molecular flexibility index (Phi) is 6.41. The zero-order chi connectivity index (χ0) is 19.9. The Morgan fingerprint density at radius 2 is 1.82 bits per heavy atom. The van der Waals surface area contributed by atoms with Gasteiger partial charge in [-0.3, -0.25) is 4.79 Å². The van der Waals surface area contributed by atoms with E-state index in [9.17, 15) is 14.0 Å². The van der Waals surface area contributed by atoms with E-state index in [1.807, 2.05) is 0 Å². The highest BCUT2D eigenvalue weighted by Crippen LogP contribution is 2.13. The summed E-state index contributed by atoms with van der Waals surface area (Å²) in [5, 5.41) is 3.09. The minimum Gasteiger partial charge on any atom is -0.450 e. The van der Waals surface area contributed by atoms with E-state index in [2.05, 4.69) is 10.3 Å². The molecule has 1 N–H and O–H groups in total. The maximum Gasteiger partial charge on any atom is 0.409 e. The van der Waals surface area contributed by atoms with E-state index in [1.165, 1.54) is 6.07 Å². The van der Waals surface area contributed by atoms with Gasteiger partial charge in [0, 0.05) is 38.3 Å². The van der Waals surface area contributed by atoms with Crippen LogP contribution in [0, 0.1) is 5.82 Å². The van der Waals surface area contributed by atoms with E-state index in [1.54, 1.807) is 53.3 Å². The van der Waals surface area contributed by atoms with E-state index in [-0.39, 0.29) is 17.8 Å². The first-order valence-electron chi connectivity index (χ1n) is 9.22. The van der Waals surface area contributed by atoms with Gasteiger partial charge in [0.25, 0.3) is 5.91 Å². The third-order valence-electron chi connectivity index (χ3n) is 4.52. The molecule has 1 saturated heterocycles. The standard InChI is InChI=1S/C20H23FN4O3/c1-2-28-20(27)25-11-9-24(10-12-25)19(26)18-8-7-16(14-23-18)22-13-15-5-3-4-6-17(15)21/h3-8,14,22H,2,9-13H2,1H3. The molecule has 8 heteroatoms. The number of ether oxygens (including phenoxy) is 1. The molecule has 0 aliphatic carbocycles. The third kappa shape index (κ3) is 4.76. The van der Waals surface area contributed by atoms with Gasteiger partial charge < -0.3 is 19.9 Å². The molecule has 0 bridgehead atoms. The third-order valence-corrected chi connectivity index (χ3v) is 4.52. The Hall–Kier alpha value is -3.16. The molecular formula is C20H23FN4O3. The van der Waals surface area contributed by atoms with Gasteiger partial charge in [0.15, 0.2) is 0 Å². The van der Waals surface area contributed by atoms with Crippen LogP contribution in [0.15, 0.2) is 42.6 Å². The number of anilines is 1. The summed E-state index contributed by atoms with van der Waals surface area (Å²) in [4.78, 5) is 31.8. The first kappa shape index (κ1) is 19.6. The molecule has 148 valence electrons. The number of piperazine rings is 1. The predicted molar refractivity (Wildman–Crippen MR) is 102 cm³/mol. The summed E-state index contributed by atoms with van der Waals surface area (Å²) in [5.74, 6) is -0.444. The SMILES string of the molecule is CCOC(=O)N1CCN(C(=O)c2ccc(NCc3ccccc3F)cn2)CC1. The normalized spacial score (nSPS) is 13.9. The largest absolute Gasteiger partial charge is 0.450 e. The lowest BCUT2D eigenvalue weighted by atomic mass is 10.2. The summed E-state index contributed by atoms with van der Waals surface area (Å²) >= 11 is 0. The molecule has 1 aliphatic heterocycles. The molecule has 2 heterocycles. The molecule has 1 fully saturated rings. The summed E-state index contributed by atoms with van der Waals surface area (Å²) in [6.07, 6.45) is 1.21. The molecular weight excluding hydrogens is 363 g/mol. The first-order valence-corrected chi connectivity index (χ1v) is 9.22. The van der Waals surface area contributed by atoms with Crippen molar-refractivity contribution in [2.24, 2.45) is 0 Å². The second-order valence-corrected chi connectivity index (χ2v) is 6.36. The number of nitrogens with one attached hydrogen (secondary N) is 1. The lowest BCUT2D eigenvalue weighted by Crippen LogP contribution is -2.50. The number of rotatable bonds is 5. The Bertz CT molecular complexity index is 820. The van der Waals surface area contributed by atoms with Crippen LogP contribution in [0.1, 0.15) is 23.0 Å². The molecule has 2 aromatic rings. The van der Waals surface area contributed by atoms with E-state index < -0.39 is 0 Å². The summed E-state index contributed by atoms with van der Waals surface area (Å²) in [7, 11) is 0. The molecule has 0 spiro atoms. The summed E-state index contributed by atoms with van der Waals surface area (Å²) in [6, 6.07) is 9.94. The average Bonchev–Trinajstić information content (AvgIpc) is 2.73. The molecule has 0 radical (unpaired) electrons.